The molecule has 1 aliphatic heterocycles. The van der Waals surface area contributed by atoms with Crippen LogP contribution in [-0.2, 0) is 25.7 Å². The molecule has 0 aliphatic carbocycles. The average Bonchev–Trinajstić information content (AvgIpc) is 3.52. The molecular formula is C29H23F5N7O3S-. The highest BCUT2D eigenvalue weighted by Crippen LogP contribution is 2.33. The summed E-state index contributed by atoms with van der Waals surface area (Å²) < 4.78 is 92.6. The fourth-order valence-electron chi connectivity index (χ4n) is 4.24. The molecule has 1 unspecified atom stereocenters. The molecule has 10 nitrogen and oxygen atoms in total. The molecule has 1 aliphatic rings. The van der Waals surface area contributed by atoms with Gasteiger partial charge in [-0.1, -0.05) is 29.2 Å². The van der Waals surface area contributed by atoms with Crippen molar-refractivity contribution in [2.45, 2.75) is 23.6 Å². The van der Waals surface area contributed by atoms with Crippen molar-refractivity contribution in [2.24, 2.45) is 0 Å². The first kappa shape index (κ1) is 31.2. The van der Waals surface area contributed by atoms with Crippen LogP contribution >= 0.6 is 0 Å². The molecule has 0 saturated carbocycles. The molecular weight excluding hydrogens is 621 g/mol. The maximum atomic E-state index is 15.2. The summed E-state index contributed by atoms with van der Waals surface area (Å²) in [6.07, 6.45) is 0.616. The number of alkyl halides is 3. The van der Waals surface area contributed by atoms with Crippen LogP contribution in [0.25, 0.3) is 11.1 Å². The van der Waals surface area contributed by atoms with Gasteiger partial charge < -0.3 is 35.0 Å². The van der Waals surface area contributed by atoms with E-state index >= 15 is 4.39 Å². The Hall–Kier alpha value is -5.25. The second-order valence-corrected chi connectivity index (χ2v) is 10.6. The number of ether oxygens (including phenoxy) is 1. The molecule has 0 fully saturated rings. The number of hydrogen-bond donors (Lipinski definition) is 5. The summed E-state index contributed by atoms with van der Waals surface area (Å²) >= 11 is 0. The molecule has 4 aromatic rings. The van der Waals surface area contributed by atoms with Crippen LogP contribution in [0.1, 0.15) is 12.0 Å². The van der Waals surface area contributed by atoms with E-state index in [1.807, 2.05) is 11.4 Å². The third-order valence-electron chi connectivity index (χ3n) is 6.43. The fourth-order valence-corrected chi connectivity index (χ4v) is 4.67. The van der Waals surface area contributed by atoms with E-state index in [-0.39, 0.29) is 22.6 Å². The number of urea groups is 1. The van der Waals surface area contributed by atoms with Gasteiger partial charge in [-0.25, -0.2) is 18.6 Å². The predicted octanol–water partition coefficient (Wildman–Crippen LogP) is 7.63. The topological polar surface area (TPSA) is 141 Å². The molecule has 0 radical (unpaired) electrons. The van der Waals surface area contributed by atoms with Gasteiger partial charge >= 0.3 is 12.2 Å². The van der Waals surface area contributed by atoms with Crippen molar-refractivity contribution in [3.8, 4) is 11.1 Å². The SMILES string of the molecule is N=[S-](=O)c1cccc(Nc2ncc(-c3ccc(NC(=O)Nc4cc(C(F)(F)F)ccc4F)c(F)c3)c(NCC3CC=CO3)n2)c1. The van der Waals surface area contributed by atoms with Crippen LogP contribution in [0.4, 0.5) is 55.6 Å². The van der Waals surface area contributed by atoms with E-state index in [2.05, 4.69) is 25.9 Å². The van der Waals surface area contributed by atoms with Crippen molar-refractivity contribution in [3.05, 3.63) is 96.4 Å². The summed E-state index contributed by atoms with van der Waals surface area (Å²) in [5.74, 6) is -1.55. The highest BCUT2D eigenvalue weighted by Gasteiger charge is 2.31. The minimum Gasteiger partial charge on any atom is -0.496 e. The van der Waals surface area contributed by atoms with Gasteiger partial charge in [-0.3, -0.25) is 0 Å². The van der Waals surface area contributed by atoms with E-state index in [1.54, 1.807) is 24.5 Å². The summed E-state index contributed by atoms with van der Waals surface area (Å²) in [4.78, 5) is 21.5. The van der Waals surface area contributed by atoms with Crippen LogP contribution in [0.3, 0.4) is 0 Å². The number of hydrogen-bond acceptors (Lipinski definition) is 9. The molecule has 0 saturated heterocycles. The second kappa shape index (κ2) is 13.2. The number of nitrogens with zero attached hydrogens (tertiary/aromatic N) is 2. The quantitative estimate of drug-likeness (QED) is 0.0932. The molecule has 5 rings (SSSR count). The molecule has 2 heterocycles. The number of nitrogens with one attached hydrogen (secondary N) is 5. The standard InChI is InChI=1S/C29H23F5N7O3S/c30-22-8-7-17(29(32,33)34)12-25(22)40-28(42)39-24-9-6-16(11-23(24)31)21-15-37-27(38-18-3-1-5-20(13-18)45(35)43)41-26(21)36-14-19-4-2-10-44-19/h1-3,5-13,15,19,35H,4,14H2,(H2,39,40,42)(H2,36,37,38,41)/q-1. The van der Waals surface area contributed by atoms with Gasteiger partial charge in [-0.05, 0) is 48.0 Å². The van der Waals surface area contributed by atoms with Gasteiger partial charge in [0.05, 0.1) is 29.7 Å². The normalized spacial score (nSPS) is 14.2. The number of carbonyl (C=O) groups is 1. The van der Waals surface area contributed by atoms with Gasteiger partial charge in [0.1, 0.15) is 23.6 Å². The Balaban J connectivity index is 1.36. The largest absolute Gasteiger partial charge is 0.496 e. The summed E-state index contributed by atoms with van der Waals surface area (Å²) in [5, 5.41) is 10.3. The number of halogens is 5. The van der Waals surface area contributed by atoms with E-state index in [4.69, 9.17) is 9.52 Å². The van der Waals surface area contributed by atoms with Crippen molar-refractivity contribution in [2.75, 3.05) is 27.8 Å². The van der Waals surface area contributed by atoms with Crippen molar-refractivity contribution in [1.29, 1.82) is 4.78 Å². The molecule has 16 heteroatoms. The first-order chi connectivity index (χ1) is 21.5. The van der Waals surface area contributed by atoms with Crippen LogP contribution in [0, 0.1) is 16.4 Å². The lowest BCUT2D eigenvalue weighted by Gasteiger charge is -2.17. The zero-order chi connectivity index (χ0) is 32.1. The number of carbonyl (C=O) groups excluding carboxylic acids is 1. The van der Waals surface area contributed by atoms with Gasteiger partial charge in [0.15, 0.2) is 0 Å². The summed E-state index contributed by atoms with van der Waals surface area (Å²) in [7, 11) is -1.95. The molecule has 234 valence electrons. The number of amides is 2. The minimum atomic E-state index is -4.76. The van der Waals surface area contributed by atoms with Crippen LogP contribution in [0.5, 0.6) is 0 Å². The molecule has 0 spiro atoms. The first-order valence-corrected chi connectivity index (χ1v) is 14.3. The molecule has 3 aromatic carbocycles. The van der Waals surface area contributed by atoms with Crippen LogP contribution < -0.4 is 21.3 Å². The average molecular weight is 645 g/mol. The highest BCUT2D eigenvalue weighted by atomic mass is 32.2. The second-order valence-electron chi connectivity index (χ2n) is 9.59. The lowest BCUT2D eigenvalue weighted by Crippen LogP contribution is -2.21. The molecule has 2 amide bonds. The molecule has 45 heavy (non-hydrogen) atoms. The predicted molar refractivity (Wildman–Crippen MR) is 157 cm³/mol. The molecule has 5 N–H and O–H groups in total. The third-order valence-corrected chi connectivity index (χ3v) is 7.11. The summed E-state index contributed by atoms with van der Waals surface area (Å²) in [6, 6.07) is 10.5. The fraction of sp³-hybridized carbons (Fsp3) is 0.138. The third kappa shape index (κ3) is 7.83. The molecule has 1 aromatic heterocycles. The Bertz CT molecular complexity index is 1830. The number of anilines is 5. The number of benzene rings is 3. The van der Waals surface area contributed by atoms with Gasteiger partial charge in [0.25, 0.3) is 0 Å². The van der Waals surface area contributed by atoms with E-state index in [0.717, 1.165) is 6.07 Å². The number of rotatable bonds is 9. The Kier molecular flexibility index (Phi) is 9.13. The lowest BCUT2D eigenvalue weighted by atomic mass is 10.1. The maximum Gasteiger partial charge on any atom is 0.416 e. The van der Waals surface area contributed by atoms with E-state index < -0.39 is 45.7 Å². The Morgan fingerprint density at radius 1 is 1.02 bits per heavy atom. The first-order valence-electron chi connectivity index (χ1n) is 13.1. The van der Waals surface area contributed by atoms with Gasteiger partial charge in [-0.15, -0.1) is 0 Å². The maximum absolute atomic E-state index is 15.2. The lowest BCUT2D eigenvalue weighted by molar-refractivity contribution is -0.137. The molecule has 0 bridgehead atoms. The number of aromatic nitrogens is 2. The summed E-state index contributed by atoms with van der Waals surface area (Å²) in [6.45, 7) is 0.345. The Morgan fingerprint density at radius 3 is 2.53 bits per heavy atom. The van der Waals surface area contributed by atoms with Crippen LogP contribution in [0.2, 0.25) is 0 Å². The molecule has 1 atom stereocenters. The van der Waals surface area contributed by atoms with Crippen molar-refractivity contribution >= 4 is 45.5 Å². The van der Waals surface area contributed by atoms with Crippen molar-refractivity contribution in [3.63, 3.8) is 0 Å². The van der Waals surface area contributed by atoms with Gasteiger partial charge in [-0.2, -0.15) is 28.8 Å². The van der Waals surface area contributed by atoms with Gasteiger partial charge in [0, 0.05) is 23.9 Å². The smallest absolute Gasteiger partial charge is 0.416 e. The minimum absolute atomic E-state index is 0.150. The zero-order valence-corrected chi connectivity index (χ0v) is 23.7. The van der Waals surface area contributed by atoms with Crippen molar-refractivity contribution in [1.82, 2.24) is 9.97 Å². The monoisotopic (exact) mass is 644 g/mol. The van der Waals surface area contributed by atoms with Crippen LogP contribution in [-0.4, -0.2) is 28.6 Å². The van der Waals surface area contributed by atoms with E-state index in [1.165, 1.54) is 24.4 Å². The Morgan fingerprint density at radius 2 is 1.82 bits per heavy atom. The highest BCUT2D eigenvalue weighted by molar-refractivity contribution is 7.73. The zero-order valence-electron chi connectivity index (χ0n) is 22.9. The van der Waals surface area contributed by atoms with Gasteiger partial charge in [0.2, 0.25) is 5.95 Å². The van der Waals surface area contributed by atoms with Crippen LogP contribution in [0.15, 0.2) is 84.1 Å². The summed E-state index contributed by atoms with van der Waals surface area (Å²) in [5.41, 5.74) is -1.05. The van der Waals surface area contributed by atoms with E-state index in [0.29, 0.717) is 53.8 Å². The Labute approximate surface area is 254 Å². The van der Waals surface area contributed by atoms with Crippen molar-refractivity contribution < 1.29 is 35.7 Å². The van der Waals surface area contributed by atoms with E-state index in [9.17, 15) is 26.6 Å².